The van der Waals surface area contributed by atoms with Crippen molar-refractivity contribution >= 4 is 33.2 Å². The highest BCUT2D eigenvalue weighted by molar-refractivity contribution is 7.20. The van der Waals surface area contributed by atoms with Crippen molar-refractivity contribution in [3.05, 3.63) is 65.7 Å². The van der Waals surface area contributed by atoms with Crippen LogP contribution >= 0.6 is 11.3 Å². The molecule has 0 aliphatic rings. The molecule has 2 aromatic carbocycles. The zero-order chi connectivity index (χ0) is 24.3. The lowest BCUT2D eigenvalue weighted by molar-refractivity contribution is -0.119. The molecule has 7 nitrogen and oxygen atoms in total. The Morgan fingerprint density at radius 2 is 1.76 bits per heavy atom. The van der Waals surface area contributed by atoms with Crippen molar-refractivity contribution in [3.63, 3.8) is 0 Å². The smallest absolute Gasteiger partial charge is 0.239 e. The summed E-state index contributed by atoms with van der Waals surface area (Å²) in [5.41, 5.74) is 4.13. The van der Waals surface area contributed by atoms with Crippen molar-refractivity contribution in [2.24, 2.45) is 0 Å². The maximum Gasteiger partial charge on any atom is 0.239 e. The number of aromatic nitrogens is 3. The van der Waals surface area contributed by atoms with Crippen LogP contribution in [0.5, 0.6) is 0 Å². The molecule has 4 rings (SSSR count). The third-order valence-corrected chi connectivity index (χ3v) is 6.38. The van der Waals surface area contributed by atoms with E-state index >= 15 is 0 Å². The van der Waals surface area contributed by atoms with Gasteiger partial charge in [-0.2, -0.15) is 4.52 Å². The number of nitrogens with zero attached hydrogens (tertiary/aromatic N) is 4. The van der Waals surface area contributed by atoms with Gasteiger partial charge in [-0.1, -0.05) is 72.9 Å². The van der Waals surface area contributed by atoms with Gasteiger partial charge in [0.15, 0.2) is 5.82 Å². The number of anilines is 2. The number of amides is 1. The molecule has 178 valence electrons. The third kappa shape index (κ3) is 5.56. The lowest BCUT2D eigenvalue weighted by Gasteiger charge is -2.22. The summed E-state index contributed by atoms with van der Waals surface area (Å²) in [5, 5.41) is 12.1. The number of nitrogens with one attached hydrogen (secondary N) is 2. The fraction of sp³-hybridized carbons (Fsp3) is 0.346. The van der Waals surface area contributed by atoms with Crippen LogP contribution in [0.4, 0.5) is 10.9 Å². The van der Waals surface area contributed by atoms with Gasteiger partial charge < -0.3 is 15.5 Å². The SMILES string of the molecule is CCc1ccc(-c2nc3sc(N(C)CC(=O)NCc4ccccc4)nn3c2NC(C)(C)C)cc1. The maximum atomic E-state index is 12.5. The summed E-state index contributed by atoms with van der Waals surface area (Å²) >= 11 is 1.47. The van der Waals surface area contributed by atoms with Gasteiger partial charge in [-0.3, -0.25) is 4.79 Å². The fourth-order valence-corrected chi connectivity index (χ4v) is 4.46. The Morgan fingerprint density at radius 1 is 1.06 bits per heavy atom. The summed E-state index contributed by atoms with van der Waals surface area (Å²) in [4.78, 5) is 20.0. The first-order valence-corrected chi connectivity index (χ1v) is 12.3. The number of hydrogen-bond donors (Lipinski definition) is 2. The Kier molecular flexibility index (Phi) is 6.88. The minimum absolute atomic E-state index is 0.0519. The van der Waals surface area contributed by atoms with Crippen molar-refractivity contribution in [2.45, 2.75) is 46.2 Å². The van der Waals surface area contributed by atoms with Gasteiger partial charge >= 0.3 is 0 Å². The highest BCUT2D eigenvalue weighted by atomic mass is 32.1. The van der Waals surface area contributed by atoms with Gasteiger partial charge in [-0.05, 0) is 38.3 Å². The van der Waals surface area contributed by atoms with E-state index in [1.165, 1.54) is 16.9 Å². The first-order chi connectivity index (χ1) is 16.2. The number of hydrogen-bond acceptors (Lipinski definition) is 6. The van der Waals surface area contributed by atoms with Gasteiger partial charge in [0.2, 0.25) is 16.0 Å². The average molecular weight is 477 g/mol. The summed E-state index contributed by atoms with van der Waals surface area (Å²) < 4.78 is 1.85. The van der Waals surface area contributed by atoms with Crippen LogP contribution in [-0.2, 0) is 17.8 Å². The molecule has 0 spiro atoms. The van der Waals surface area contributed by atoms with Crippen molar-refractivity contribution in [1.29, 1.82) is 0 Å². The van der Waals surface area contributed by atoms with E-state index in [-0.39, 0.29) is 18.0 Å². The highest BCUT2D eigenvalue weighted by Crippen LogP contribution is 2.34. The van der Waals surface area contributed by atoms with Crippen LogP contribution in [0.2, 0.25) is 0 Å². The molecule has 0 aliphatic heterocycles. The molecule has 0 aliphatic carbocycles. The van der Waals surface area contributed by atoms with E-state index in [2.05, 4.69) is 62.6 Å². The van der Waals surface area contributed by atoms with E-state index in [1.807, 2.05) is 46.8 Å². The van der Waals surface area contributed by atoms with Crippen molar-refractivity contribution < 1.29 is 4.79 Å². The zero-order valence-corrected chi connectivity index (χ0v) is 21.2. The van der Waals surface area contributed by atoms with Crippen LogP contribution in [0.15, 0.2) is 54.6 Å². The van der Waals surface area contributed by atoms with Gasteiger partial charge in [0.25, 0.3) is 0 Å². The second-order valence-corrected chi connectivity index (χ2v) is 10.4. The van der Waals surface area contributed by atoms with Gasteiger partial charge in [0.1, 0.15) is 5.69 Å². The topological polar surface area (TPSA) is 74.6 Å². The molecule has 4 aromatic rings. The Morgan fingerprint density at radius 3 is 2.41 bits per heavy atom. The molecule has 0 unspecified atom stereocenters. The van der Waals surface area contributed by atoms with Crippen LogP contribution in [0.1, 0.15) is 38.8 Å². The Balaban J connectivity index is 1.55. The lowest BCUT2D eigenvalue weighted by Crippen LogP contribution is -2.34. The third-order valence-electron chi connectivity index (χ3n) is 5.36. The molecular formula is C26H32N6OS. The quantitative estimate of drug-likeness (QED) is 0.375. The standard InChI is InChI=1S/C26H32N6OS/c1-6-18-12-14-20(15-13-18)22-23(29-26(2,3)4)32-24(28-22)34-25(30-32)31(5)17-21(33)27-16-19-10-8-7-9-11-19/h7-15,29H,6,16-17H2,1-5H3,(H,27,33). The predicted molar refractivity (Wildman–Crippen MR) is 141 cm³/mol. The summed E-state index contributed by atoms with van der Waals surface area (Å²) in [6.45, 7) is 9.23. The van der Waals surface area contributed by atoms with E-state index in [4.69, 9.17) is 10.1 Å². The van der Waals surface area contributed by atoms with Crippen LogP contribution < -0.4 is 15.5 Å². The van der Waals surface area contributed by atoms with Crippen LogP contribution in [0, 0.1) is 0 Å². The summed E-state index contributed by atoms with van der Waals surface area (Å²) in [5.74, 6) is 0.806. The number of likely N-dealkylation sites (N-methyl/N-ethyl adjacent to an activating group) is 1. The number of carbonyl (C=O) groups excluding carboxylic acids is 1. The molecule has 8 heteroatoms. The minimum Gasteiger partial charge on any atom is -0.364 e. The largest absolute Gasteiger partial charge is 0.364 e. The molecule has 0 saturated carbocycles. The summed E-state index contributed by atoms with van der Waals surface area (Å²) in [6, 6.07) is 18.4. The number of carbonyl (C=O) groups is 1. The van der Waals surface area contributed by atoms with E-state index < -0.39 is 0 Å². The van der Waals surface area contributed by atoms with Gasteiger partial charge in [-0.15, -0.1) is 5.10 Å². The summed E-state index contributed by atoms with van der Waals surface area (Å²) in [7, 11) is 1.88. The predicted octanol–water partition coefficient (Wildman–Crippen LogP) is 4.98. The van der Waals surface area contributed by atoms with Crippen molar-refractivity contribution in [3.8, 4) is 11.3 Å². The number of imidazole rings is 1. The first kappa shape index (κ1) is 23.8. The monoisotopic (exact) mass is 476 g/mol. The van der Waals surface area contributed by atoms with E-state index in [0.717, 1.165) is 39.2 Å². The number of fused-ring (bicyclic) bond motifs is 1. The number of benzene rings is 2. The molecule has 0 radical (unpaired) electrons. The average Bonchev–Trinajstić information content (AvgIpc) is 3.37. The van der Waals surface area contributed by atoms with Crippen LogP contribution in [-0.4, -0.2) is 39.6 Å². The molecule has 2 N–H and O–H groups in total. The van der Waals surface area contributed by atoms with Gasteiger partial charge in [-0.25, -0.2) is 4.98 Å². The molecule has 0 saturated heterocycles. The van der Waals surface area contributed by atoms with Gasteiger partial charge in [0.05, 0.1) is 6.54 Å². The molecule has 2 heterocycles. The maximum absolute atomic E-state index is 12.5. The highest BCUT2D eigenvalue weighted by Gasteiger charge is 2.23. The molecule has 0 bridgehead atoms. The molecule has 0 atom stereocenters. The molecular weight excluding hydrogens is 444 g/mol. The lowest BCUT2D eigenvalue weighted by atomic mass is 10.1. The Labute approximate surface area is 204 Å². The molecule has 2 aromatic heterocycles. The molecule has 34 heavy (non-hydrogen) atoms. The van der Waals surface area contributed by atoms with Crippen LogP contribution in [0.3, 0.4) is 0 Å². The van der Waals surface area contributed by atoms with Crippen molar-refractivity contribution in [2.75, 3.05) is 23.8 Å². The van der Waals surface area contributed by atoms with E-state index in [0.29, 0.717) is 6.54 Å². The van der Waals surface area contributed by atoms with Crippen molar-refractivity contribution in [1.82, 2.24) is 19.9 Å². The Hall–Kier alpha value is -3.39. The first-order valence-electron chi connectivity index (χ1n) is 11.5. The molecule has 1 amide bonds. The van der Waals surface area contributed by atoms with E-state index in [1.54, 1.807) is 0 Å². The van der Waals surface area contributed by atoms with Gasteiger partial charge in [0, 0.05) is 24.7 Å². The second kappa shape index (κ2) is 9.85. The molecule has 0 fully saturated rings. The second-order valence-electron chi connectivity index (χ2n) is 9.43. The summed E-state index contributed by atoms with van der Waals surface area (Å²) in [6.07, 6.45) is 1.00. The van der Waals surface area contributed by atoms with Crippen LogP contribution in [0.25, 0.3) is 16.2 Å². The normalized spacial score (nSPS) is 11.6. The minimum atomic E-state index is -0.166. The zero-order valence-electron chi connectivity index (χ0n) is 20.4. The fourth-order valence-electron chi connectivity index (χ4n) is 3.60. The number of aryl methyl sites for hydroxylation is 1. The number of rotatable bonds is 8. The Bertz CT molecular complexity index is 1250. The van der Waals surface area contributed by atoms with E-state index in [9.17, 15) is 4.79 Å².